The molecule has 0 unspecified atom stereocenters. The van der Waals surface area contributed by atoms with Crippen LogP contribution in [0.5, 0.6) is 0 Å². The van der Waals surface area contributed by atoms with Gasteiger partial charge in [0.05, 0.1) is 6.42 Å². The number of hydrogen-bond donors (Lipinski definition) is 1. The van der Waals surface area contributed by atoms with Crippen molar-refractivity contribution in [3.8, 4) is 0 Å². The number of allylic oxidation sites excluding steroid dienone is 4. The highest BCUT2D eigenvalue weighted by atomic mass is 16.5. The molecule has 0 aromatic carbocycles. The Kier molecular flexibility index (Phi) is 5.63. The lowest BCUT2D eigenvalue weighted by Crippen LogP contribution is -2.60. The standard InChI is InChI=1S/C27H36O6/c1-24(2,3)14-22(31)33-15-21(30)27(32)11-9-19-18-7-6-16-12-17(28)8-10-25(16,4)23(18)20(29)13-26(19,27)5/h8,10,12,18-19,23,32H,6-7,9,11,13-15H2,1-5H3/t18-,19-,23+,25-,26-,27-/m0/s1. The minimum Gasteiger partial charge on any atom is -0.458 e. The van der Waals surface area contributed by atoms with Crippen LogP contribution in [0.25, 0.3) is 0 Å². The van der Waals surface area contributed by atoms with E-state index in [-0.39, 0.29) is 54.0 Å². The number of hydrogen-bond acceptors (Lipinski definition) is 6. The van der Waals surface area contributed by atoms with Gasteiger partial charge in [-0.3, -0.25) is 19.2 Å². The van der Waals surface area contributed by atoms with E-state index in [1.165, 1.54) is 0 Å². The lowest BCUT2D eigenvalue weighted by atomic mass is 9.46. The van der Waals surface area contributed by atoms with Crippen molar-refractivity contribution in [1.82, 2.24) is 0 Å². The lowest BCUT2D eigenvalue weighted by Gasteiger charge is -2.56. The van der Waals surface area contributed by atoms with E-state index in [0.717, 1.165) is 18.4 Å². The molecular weight excluding hydrogens is 420 g/mol. The third kappa shape index (κ3) is 3.74. The lowest BCUT2D eigenvalue weighted by molar-refractivity contribution is -0.173. The first-order chi connectivity index (χ1) is 15.2. The van der Waals surface area contributed by atoms with E-state index >= 15 is 0 Å². The Morgan fingerprint density at radius 1 is 1.18 bits per heavy atom. The molecule has 0 spiro atoms. The Morgan fingerprint density at radius 2 is 1.88 bits per heavy atom. The second kappa shape index (κ2) is 7.72. The average Bonchev–Trinajstić information content (AvgIpc) is 2.96. The fourth-order valence-electron chi connectivity index (χ4n) is 7.24. The van der Waals surface area contributed by atoms with Crippen LogP contribution in [0, 0.1) is 34.0 Å². The third-order valence-electron chi connectivity index (χ3n) is 8.91. The molecule has 3 fully saturated rings. The summed E-state index contributed by atoms with van der Waals surface area (Å²) in [7, 11) is 0. The Labute approximate surface area is 195 Å². The summed E-state index contributed by atoms with van der Waals surface area (Å²) in [4.78, 5) is 50.9. The SMILES string of the molecule is CC(C)(C)CC(=O)OCC(=O)[C@@]1(O)CC[C@H]2[C@@H]3CCC4=CC(=O)C=C[C@]4(C)[C@H]3C(=O)C[C@@]21C. The molecule has 33 heavy (non-hydrogen) atoms. The third-order valence-corrected chi connectivity index (χ3v) is 8.91. The molecule has 0 heterocycles. The van der Waals surface area contributed by atoms with Gasteiger partial charge in [-0.25, -0.2) is 0 Å². The number of Topliss-reactive ketones (excluding diaryl/α,β-unsaturated/α-hetero) is 2. The zero-order valence-electron chi connectivity index (χ0n) is 20.4. The number of ether oxygens (including phenoxy) is 1. The number of ketones is 3. The van der Waals surface area contributed by atoms with Crippen molar-refractivity contribution in [3.63, 3.8) is 0 Å². The molecule has 0 saturated heterocycles. The monoisotopic (exact) mass is 456 g/mol. The van der Waals surface area contributed by atoms with Crippen LogP contribution in [-0.4, -0.2) is 40.6 Å². The summed E-state index contributed by atoms with van der Waals surface area (Å²) in [6, 6.07) is 0. The number of esters is 1. The molecular formula is C27H36O6. The summed E-state index contributed by atoms with van der Waals surface area (Å²) < 4.78 is 5.23. The molecule has 0 amide bonds. The predicted molar refractivity (Wildman–Crippen MR) is 122 cm³/mol. The molecule has 0 aromatic heterocycles. The molecule has 0 radical (unpaired) electrons. The van der Waals surface area contributed by atoms with Crippen LogP contribution in [0.15, 0.2) is 23.8 Å². The summed E-state index contributed by atoms with van der Waals surface area (Å²) in [5, 5.41) is 11.6. The molecule has 3 saturated carbocycles. The molecule has 0 aromatic rings. The maximum Gasteiger partial charge on any atom is 0.306 e. The largest absolute Gasteiger partial charge is 0.458 e. The van der Waals surface area contributed by atoms with Gasteiger partial charge in [0.15, 0.2) is 12.4 Å². The summed E-state index contributed by atoms with van der Waals surface area (Å²) in [6.45, 7) is 9.18. The van der Waals surface area contributed by atoms with Crippen LogP contribution in [0.4, 0.5) is 0 Å². The second-order valence-corrected chi connectivity index (χ2v) is 12.3. The quantitative estimate of drug-likeness (QED) is 0.647. The van der Waals surface area contributed by atoms with Crippen molar-refractivity contribution in [1.29, 1.82) is 0 Å². The molecule has 6 atom stereocenters. The summed E-state index contributed by atoms with van der Waals surface area (Å²) in [5.74, 6) is -1.14. The number of fused-ring (bicyclic) bond motifs is 5. The molecule has 4 rings (SSSR count). The van der Waals surface area contributed by atoms with E-state index in [1.807, 2.05) is 40.7 Å². The maximum absolute atomic E-state index is 13.6. The van der Waals surface area contributed by atoms with Gasteiger partial charge in [0.1, 0.15) is 11.4 Å². The summed E-state index contributed by atoms with van der Waals surface area (Å²) in [6.07, 6.45) is 7.87. The first-order valence-corrected chi connectivity index (χ1v) is 12.1. The fourth-order valence-corrected chi connectivity index (χ4v) is 7.24. The molecule has 4 aliphatic carbocycles. The Hall–Kier alpha value is -2.08. The van der Waals surface area contributed by atoms with Crippen molar-refractivity contribution < 1.29 is 29.0 Å². The summed E-state index contributed by atoms with van der Waals surface area (Å²) in [5.41, 5.74) is -2.29. The van der Waals surface area contributed by atoms with Crippen LogP contribution in [0.1, 0.15) is 73.1 Å². The minimum atomic E-state index is -1.68. The van der Waals surface area contributed by atoms with Gasteiger partial charge in [0, 0.05) is 23.2 Å². The predicted octanol–water partition coefficient (Wildman–Crippen LogP) is 3.75. The van der Waals surface area contributed by atoms with Crippen molar-refractivity contribution >= 4 is 23.3 Å². The highest BCUT2D eigenvalue weighted by Gasteiger charge is 2.68. The normalized spacial score (nSPS) is 39.9. The van der Waals surface area contributed by atoms with Gasteiger partial charge in [-0.15, -0.1) is 0 Å². The number of aliphatic hydroxyl groups is 1. The van der Waals surface area contributed by atoms with Crippen LogP contribution in [-0.2, 0) is 23.9 Å². The van der Waals surface area contributed by atoms with E-state index in [0.29, 0.717) is 6.42 Å². The van der Waals surface area contributed by atoms with E-state index in [1.54, 1.807) is 12.2 Å². The van der Waals surface area contributed by atoms with Crippen molar-refractivity contribution in [2.24, 2.45) is 34.0 Å². The molecule has 1 N–H and O–H groups in total. The molecule has 180 valence electrons. The molecule has 0 aliphatic heterocycles. The first-order valence-electron chi connectivity index (χ1n) is 12.1. The highest BCUT2D eigenvalue weighted by molar-refractivity contribution is 6.02. The van der Waals surface area contributed by atoms with Crippen LogP contribution in [0.3, 0.4) is 0 Å². The smallest absolute Gasteiger partial charge is 0.306 e. The molecule has 6 heteroatoms. The van der Waals surface area contributed by atoms with Gasteiger partial charge in [0.2, 0.25) is 5.78 Å². The van der Waals surface area contributed by atoms with Gasteiger partial charge < -0.3 is 9.84 Å². The van der Waals surface area contributed by atoms with Crippen LogP contribution < -0.4 is 0 Å². The van der Waals surface area contributed by atoms with E-state index < -0.39 is 34.8 Å². The van der Waals surface area contributed by atoms with Gasteiger partial charge >= 0.3 is 5.97 Å². The number of carbonyl (C=O) groups excluding carboxylic acids is 4. The Morgan fingerprint density at radius 3 is 2.55 bits per heavy atom. The number of carbonyl (C=O) groups is 4. The average molecular weight is 457 g/mol. The Bertz CT molecular complexity index is 968. The number of rotatable bonds is 4. The molecule has 4 aliphatic rings. The van der Waals surface area contributed by atoms with Gasteiger partial charge in [-0.2, -0.15) is 0 Å². The minimum absolute atomic E-state index is 0.0174. The van der Waals surface area contributed by atoms with Gasteiger partial charge in [-0.05, 0) is 55.1 Å². The van der Waals surface area contributed by atoms with Crippen molar-refractivity contribution in [3.05, 3.63) is 23.8 Å². The van der Waals surface area contributed by atoms with E-state index in [4.69, 9.17) is 4.74 Å². The molecule has 0 bridgehead atoms. The Balaban J connectivity index is 1.56. The van der Waals surface area contributed by atoms with E-state index in [9.17, 15) is 24.3 Å². The topological polar surface area (TPSA) is 97.7 Å². The van der Waals surface area contributed by atoms with Crippen LogP contribution >= 0.6 is 0 Å². The zero-order chi connectivity index (χ0) is 24.4. The second-order valence-electron chi connectivity index (χ2n) is 12.3. The van der Waals surface area contributed by atoms with Gasteiger partial charge in [-0.1, -0.05) is 46.3 Å². The van der Waals surface area contributed by atoms with Crippen molar-refractivity contribution in [2.75, 3.05) is 6.61 Å². The van der Waals surface area contributed by atoms with Crippen LogP contribution in [0.2, 0.25) is 0 Å². The van der Waals surface area contributed by atoms with Crippen molar-refractivity contribution in [2.45, 2.75) is 78.7 Å². The highest BCUT2D eigenvalue weighted by Crippen LogP contribution is 2.66. The molecule has 6 nitrogen and oxygen atoms in total. The van der Waals surface area contributed by atoms with E-state index in [2.05, 4.69) is 0 Å². The maximum atomic E-state index is 13.6. The fraction of sp³-hybridized carbons (Fsp3) is 0.704. The zero-order valence-corrected chi connectivity index (χ0v) is 20.4. The summed E-state index contributed by atoms with van der Waals surface area (Å²) >= 11 is 0. The van der Waals surface area contributed by atoms with Gasteiger partial charge in [0.25, 0.3) is 0 Å². The first kappa shape index (κ1) is 24.1.